The third-order valence-corrected chi connectivity index (χ3v) is 7.01. The number of aryl methyl sites for hydroxylation is 1. The summed E-state index contributed by atoms with van der Waals surface area (Å²) in [6.07, 6.45) is -0.506. The average Bonchev–Trinajstić information content (AvgIpc) is 3.34. The summed E-state index contributed by atoms with van der Waals surface area (Å²) in [5.74, 6) is -0.458. The molecule has 3 atom stereocenters. The Morgan fingerprint density at radius 3 is 2.41 bits per heavy atom. The lowest BCUT2D eigenvalue weighted by atomic mass is 9.85. The molecule has 0 spiro atoms. The zero-order chi connectivity index (χ0) is 25.3. The fraction of sp³-hybridized carbons (Fsp3) is 0.560. The number of hydrogen-bond donors (Lipinski definition) is 4. The van der Waals surface area contributed by atoms with E-state index in [4.69, 9.17) is 0 Å². The van der Waals surface area contributed by atoms with Gasteiger partial charge in [0.05, 0.1) is 33.1 Å². The number of carbonyl (C=O) groups is 2. The van der Waals surface area contributed by atoms with Gasteiger partial charge in [-0.1, -0.05) is 45.0 Å². The molecule has 9 heteroatoms. The normalized spacial score (nSPS) is 19.8. The third kappa shape index (κ3) is 6.59. The van der Waals surface area contributed by atoms with Crippen molar-refractivity contribution in [2.75, 3.05) is 6.54 Å². The van der Waals surface area contributed by atoms with E-state index in [1.165, 1.54) is 4.90 Å². The van der Waals surface area contributed by atoms with E-state index in [-0.39, 0.29) is 24.8 Å². The summed E-state index contributed by atoms with van der Waals surface area (Å²) in [4.78, 5) is 33.0. The number of nitrogens with one attached hydrogen (secondary N) is 2. The molecule has 0 radical (unpaired) electrons. The van der Waals surface area contributed by atoms with Crippen molar-refractivity contribution in [3.63, 3.8) is 0 Å². The minimum atomic E-state index is -0.730. The number of β-amino-alcohol motifs (C(OH)–C–C–N with tert-alkyl or cyclic N) is 1. The monoisotopic (exact) mass is 504 g/mol. The van der Waals surface area contributed by atoms with Gasteiger partial charge in [0.25, 0.3) is 0 Å². The van der Waals surface area contributed by atoms with Gasteiger partial charge in [-0.2, -0.15) is 12.6 Å². The first-order valence-electron chi connectivity index (χ1n) is 11.5. The van der Waals surface area contributed by atoms with Crippen molar-refractivity contribution in [3.05, 3.63) is 41.0 Å². The van der Waals surface area contributed by atoms with Crippen molar-refractivity contribution >= 4 is 35.8 Å². The van der Waals surface area contributed by atoms with E-state index in [1.807, 2.05) is 71.3 Å². The molecule has 1 saturated heterocycles. The number of benzene rings is 1. The van der Waals surface area contributed by atoms with Crippen LogP contribution in [0.2, 0.25) is 0 Å². The maximum atomic E-state index is 13.5. The Morgan fingerprint density at radius 1 is 1.24 bits per heavy atom. The number of aliphatic hydroxyl groups is 1. The Balaban J connectivity index is 1.68. The van der Waals surface area contributed by atoms with E-state index in [9.17, 15) is 14.7 Å². The van der Waals surface area contributed by atoms with Crippen molar-refractivity contribution in [1.29, 1.82) is 0 Å². The van der Waals surface area contributed by atoms with Gasteiger partial charge < -0.3 is 15.3 Å². The van der Waals surface area contributed by atoms with Crippen LogP contribution in [-0.2, 0) is 16.1 Å². The maximum absolute atomic E-state index is 13.5. The van der Waals surface area contributed by atoms with Crippen LogP contribution in [0.1, 0.15) is 52.3 Å². The molecule has 1 fully saturated rings. The molecule has 0 saturated carbocycles. The van der Waals surface area contributed by atoms with Crippen molar-refractivity contribution in [1.82, 2.24) is 20.5 Å². The number of hydrogen-bond acceptors (Lipinski definition) is 7. The molecule has 0 bridgehead atoms. The summed E-state index contributed by atoms with van der Waals surface area (Å²) in [6.45, 7) is 12.2. The zero-order valence-electron chi connectivity index (χ0n) is 20.8. The predicted molar refractivity (Wildman–Crippen MR) is 140 cm³/mol. The highest BCUT2D eigenvalue weighted by Gasteiger charge is 2.44. The minimum Gasteiger partial charge on any atom is -0.391 e. The number of thiazole rings is 1. The van der Waals surface area contributed by atoms with Crippen molar-refractivity contribution in [3.8, 4) is 10.4 Å². The van der Waals surface area contributed by atoms with Crippen LogP contribution < -0.4 is 10.6 Å². The Labute approximate surface area is 211 Å². The maximum Gasteiger partial charge on any atom is 0.243 e. The molecule has 2 amide bonds. The second-order valence-electron chi connectivity index (χ2n) is 10.6. The highest BCUT2D eigenvalue weighted by atomic mass is 32.1. The van der Waals surface area contributed by atoms with Crippen molar-refractivity contribution < 1.29 is 14.7 Å². The minimum absolute atomic E-state index is 0.140. The van der Waals surface area contributed by atoms with E-state index in [0.717, 1.165) is 21.7 Å². The number of thiol groups is 1. The van der Waals surface area contributed by atoms with Crippen LogP contribution in [0, 0.1) is 12.3 Å². The van der Waals surface area contributed by atoms with Gasteiger partial charge in [-0.05, 0) is 37.3 Å². The van der Waals surface area contributed by atoms with Gasteiger partial charge in [-0.15, -0.1) is 11.3 Å². The highest BCUT2D eigenvalue weighted by Crippen LogP contribution is 2.29. The smallest absolute Gasteiger partial charge is 0.243 e. The Bertz CT molecular complexity index is 1010. The molecule has 1 aromatic carbocycles. The molecule has 2 heterocycles. The van der Waals surface area contributed by atoms with E-state index < -0.39 is 28.5 Å². The highest BCUT2D eigenvalue weighted by molar-refractivity contribution is 7.81. The van der Waals surface area contributed by atoms with Crippen LogP contribution in [-0.4, -0.2) is 56.4 Å². The summed E-state index contributed by atoms with van der Waals surface area (Å²) >= 11 is 6.14. The van der Waals surface area contributed by atoms with Crippen LogP contribution >= 0.6 is 24.0 Å². The average molecular weight is 505 g/mol. The number of likely N-dealkylation sites (tertiary alicyclic amines) is 1. The van der Waals surface area contributed by atoms with Crippen molar-refractivity contribution in [2.24, 2.45) is 5.41 Å². The second-order valence-corrected chi connectivity index (χ2v) is 12.6. The van der Waals surface area contributed by atoms with Crippen LogP contribution in [0.25, 0.3) is 10.4 Å². The molecule has 1 aromatic heterocycles. The topological polar surface area (TPSA) is 94.6 Å². The van der Waals surface area contributed by atoms with Gasteiger partial charge in [0.15, 0.2) is 0 Å². The van der Waals surface area contributed by atoms with Gasteiger partial charge in [0.2, 0.25) is 11.8 Å². The number of amides is 2. The quantitative estimate of drug-likeness (QED) is 0.343. The van der Waals surface area contributed by atoms with Gasteiger partial charge >= 0.3 is 0 Å². The molecular weight excluding hydrogens is 468 g/mol. The Morgan fingerprint density at radius 2 is 1.88 bits per heavy atom. The number of nitrogens with zero attached hydrogens (tertiary/aromatic N) is 2. The molecular formula is C25H36N4O3S2. The first-order valence-corrected chi connectivity index (χ1v) is 12.8. The van der Waals surface area contributed by atoms with Gasteiger partial charge in [0.1, 0.15) is 6.04 Å². The van der Waals surface area contributed by atoms with E-state index >= 15 is 0 Å². The molecule has 0 unspecified atom stereocenters. The lowest BCUT2D eigenvalue weighted by Crippen LogP contribution is -2.59. The molecule has 7 nitrogen and oxygen atoms in total. The summed E-state index contributed by atoms with van der Waals surface area (Å²) in [5.41, 5.74) is 4.49. The van der Waals surface area contributed by atoms with Crippen LogP contribution in [0.15, 0.2) is 29.8 Å². The zero-order valence-corrected chi connectivity index (χ0v) is 22.5. The predicted octanol–water partition coefficient (Wildman–Crippen LogP) is 3.37. The number of aliphatic hydroxyl groups excluding tert-OH is 1. The van der Waals surface area contributed by atoms with E-state index in [0.29, 0.717) is 6.54 Å². The summed E-state index contributed by atoms with van der Waals surface area (Å²) in [5, 5.41) is 16.5. The fourth-order valence-electron chi connectivity index (χ4n) is 4.13. The molecule has 2 aromatic rings. The summed E-state index contributed by atoms with van der Waals surface area (Å²) < 4.78 is 0. The van der Waals surface area contributed by atoms with E-state index in [2.05, 4.69) is 28.2 Å². The SMILES string of the molecule is Cc1ncsc1-c1ccc(CNC(=O)[C@@H]2C[C@@H](O)CN2C(=O)[C@@H](NC(C)(C)S)C(C)(C)C)cc1. The summed E-state index contributed by atoms with van der Waals surface area (Å²) in [7, 11) is 0. The molecule has 1 aliphatic heterocycles. The molecule has 3 rings (SSSR count). The van der Waals surface area contributed by atoms with Gasteiger partial charge in [0, 0.05) is 19.5 Å². The third-order valence-electron chi connectivity index (χ3n) is 5.90. The van der Waals surface area contributed by atoms with Crippen LogP contribution in [0.4, 0.5) is 0 Å². The van der Waals surface area contributed by atoms with Crippen molar-refractivity contribution in [2.45, 2.75) is 77.6 Å². The lowest BCUT2D eigenvalue weighted by Gasteiger charge is -2.39. The Hall–Kier alpha value is -1.94. The summed E-state index contributed by atoms with van der Waals surface area (Å²) in [6, 6.07) is 6.75. The molecule has 0 aliphatic carbocycles. The molecule has 1 aliphatic rings. The number of carbonyl (C=O) groups excluding carboxylic acids is 2. The van der Waals surface area contributed by atoms with Gasteiger partial charge in [-0.25, -0.2) is 4.98 Å². The first-order chi connectivity index (χ1) is 15.8. The lowest BCUT2D eigenvalue weighted by molar-refractivity contribution is -0.142. The van der Waals surface area contributed by atoms with Gasteiger partial charge in [-0.3, -0.25) is 14.9 Å². The number of rotatable bonds is 7. The second kappa shape index (κ2) is 10.4. The molecule has 3 N–H and O–H groups in total. The Kier molecular flexibility index (Phi) is 8.12. The molecule has 34 heavy (non-hydrogen) atoms. The largest absolute Gasteiger partial charge is 0.391 e. The fourth-order valence-corrected chi connectivity index (χ4v) is 5.07. The number of aromatic nitrogens is 1. The van der Waals surface area contributed by atoms with Crippen LogP contribution in [0.5, 0.6) is 0 Å². The van der Waals surface area contributed by atoms with Crippen LogP contribution in [0.3, 0.4) is 0 Å². The molecule has 186 valence electrons. The first kappa shape index (κ1) is 26.7. The van der Waals surface area contributed by atoms with E-state index in [1.54, 1.807) is 11.3 Å². The standard InChI is InChI=1S/C25H36N4O3S2/c1-15-20(34-14-27-15)17-9-7-16(8-10-17)12-26-22(31)19-11-18(30)13-29(19)23(32)21(24(2,3)4)28-25(5,6)33/h7-10,14,18-19,21,28,30,33H,11-13H2,1-6H3,(H,26,31)/t18-,19+,21-/m1/s1.